The first-order valence-corrected chi connectivity index (χ1v) is 7.36. The van der Waals surface area contributed by atoms with Crippen molar-refractivity contribution in [3.63, 3.8) is 0 Å². The second kappa shape index (κ2) is 7.46. The highest BCUT2D eigenvalue weighted by atomic mass is 32.2. The summed E-state index contributed by atoms with van der Waals surface area (Å²) in [5.74, 6) is 0.609. The lowest BCUT2D eigenvalue weighted by molar-refractivity contribution is -0.131. The van der Waals surface area contributed by atoms with Crippen LogP contribution in [0, 0.1) is 17.1 Å². The lowest BCUT2D eigenvalue weighted by Gasteiger charge is -2.04. The lowest BCUT2D eigenvalue weighted by atomic mass is 10.2. The fourth-order valence-corrected chi connectivity index (χ4v) is 2.35. The van der Waals surface area contributed by atoms with E-state index in [1.165, 1.54) is 23.9 Å². The zero-order valence-electron chi connectivity index (χ0n) is 11.1. The minimum Gasteiger partial charge on any atom is -0.426 e. The average Bonchev–Trinajstić information content (AvgIpc) is 2.50. The minimum atomic E-state index is -0.355. The highest BCUT2D eigenvalue weighted by Crippen LogP contribution is 2.15. The van der Waals surface area contributed by atoms with Crippen LogP contribution in [0.5, 0.6) is 5.75 Å². The van der Waals surface area contributed by atoms with Gasteiger partial charge in [-0.15, -0.1) is 11.8 Å². The smallest absolute Gasteiger partial charge is 0.321 e. The fraction of sp³-hybridized carbons (Fsp3) is 0.125. The van der Waals surface area contributed by atoms with Gasteiger partial charge in [0.1, 0.15) is 11.6 Å². The van der Waals surface area contributed by atoms with E-state index in [1.807, 2.05) is 6.07 Å². The van der Waals surface area contributed by atoms with Crippen LogP contribution in [0.15, 0.2) is 48.5 Å². The number of benzene rings is 2. The van der Waals surface area contributed by atoms with Crippen LogP contribution in [0.1, 0.15) is 11.1 Å². The van der Waals surface area contributed by atoms with Gasteiger partial charge in [0.05, 0.1) is 17.4 Å². The van der Waals surface area contributed by atoms with Crippen LogP contribution < -0.4 is 4.74 Å². The molecule has 5 heteroatoms. The molecule has 0 heterocycles. The van der Waals surface area contributed by atoms with Gasteiger partial charge in [-0.05, 0) is 42.0 Å². The molecule has 0 atom stereocenters. The van der Waals surface area contributed by atoms with Gasteiger partial charge in [0.25, 0.3) is 0 Å². The van der Waals surface area contributed by atoms with Gasteiger partial charge in [0, 0.05) is 5.75 Å². The summed E-state index contributed by atoms with van der Waals surface area (Å²) in [4.78, 5) is 11.6. The first kappa shape index (κ1) is 15.1. The van der Waals surface area contributed by atoms with Crippen molar-refractivity contribution in [3.8, 4) is 11.8 Å². The molecule has 0 bridgehead atoms. The Hall–Kier alpha value is -2.32. The van der Waals surface area contributed by atoms with Gasteiger partial charge < -0.3 is 4.74 Å². The summed E-state index contributed by atoms with van der Waals surface area (Å²) in [6.45, 7) is 0. The summed E-state index contributed by atoms with van der Waals surface area (Å²) in [7, 11) is 0. The number of halogens is 1. The van der Waals surface area contributed by atoms with Crippen LogP contribution in [0.25, 0.3) is 0 Å². The molecule has 0 N–H and O–H groups in total. The minimum absolute atomic E-state index is 0.206. The van der Waals surface area contributed by atoms with Gasteiger partial charge in [-0.1, -0.05) is 12.1 Å². The molecule has 3 nitrogen and oxygen atoms in total. The number of carbonyl (C=O) groups excluding carboxylic acids is 1. The molecule has 2 aromatic rings. The van der Waals surface area contributed by atoms with Crippen LogP contribution in [0.4, 0.5) is 4.39 Å². The van der Waals surface area contributed by atoms with Crippen molar-refractivity contribution in [2.45, 2.75) is 5.75 Å². The Bertz CT molecular complexity index is 647. The van der Waals surface area contributed by atoms with Gasteiger partial charge in [0.15, 0.2) is 0 Å². The number of rotatable bonds is 5. The Morgan fingerprint density at radius 3 is 2.43 bits per heavy atom. The maximum atomic E-state index is 12.7. The van der Waals surface area contributed by atoms with E-state index >= 15 is 0 Å². The van der Waals surface area contributed by atoms with E-state index in [2.05, 4.69) is 0 Å². The summed E-state index contributed by atoms with van der Waals surface area (Å²) >= 11 is 1.40. The third-order valence-corrected chi connectivity index (χ3v) is 3.59. The van der Waals surface area contributed by atoms with E-state index in [1.54, 1.807) is 36.4 Å². The standard InChI is InChI=1S/C16H12FNO2S/c17-14-5-1-13(2-6-14)10-21-11-16(19)20-15-7-3-12(9-18)4-8-15/h1-8H,10-11H2. The van der Waals surface area contributed by atoms with Crippen LogP contribution >= 0.6 is 11.8 Å². The van der Waals surface area contributed by atoms with Crippen molar-refractivity contribution in [2.24, 2.45) is 0 Å². The summed E-state index contributed by atoms with van der Waals surface area (Å²) < 4.78 is 17.9. The highest BCUT2D eigenvalue weighted by molar-refractivity contribution is 7.99. The quantitative estimate of drug-likeness (QED) is 0.626. The molecule has 0 fully saturated rings. The van der Waals surface area contributed by atoms with E-state index in [0.29, 0.717) is 17.1 Å². The molecular formula is C16H12FNO2S. The van der Waals surface area contributed by atoms with E-state index < -0.39 is 0 Å². The Labute approximate surface area is 126 Å². The van der Waals surface area contributed by atoms with Crippen LogP contribution in [0.2, 0.25) is 0 Å². The number of carbonyl (C=O) groups is 1. The molecule has 21 heavy (non-hydrogen) atoms. The number of nitriles is 1. The zero-order valence-corrected chi connectivity index (χ0v) is 11.9. The second-order valence-corrected chi connectivity index (χ2v) is 5.22. The molecule has 106 valence electrons. The molecule has 0 spiro atoms. The largest absolute Gasteiger partial charge is 0.426 e. The first-order chi connectivity index (χ1) is 10.2. The molecule has 0 amide bonds. The van der Waals surface area contributed by atoms with Crippen molar-refractivity contribution >= 4 is 17.7 Å². The number of hydrogen-bond donors (Lipinski definition) is 0. The maximum absolute atomic E-state index is 12.7. The van der Waals surface area contributed by atoms with Crippen molar-refractivity contribution in [2.75, 3.05) is 5.75 Å². The normalized spacial score (nSPS) is 9.90. The molecule has 2 rings (SSSR count). The van der Waals surface area contributed by atoms with Crippen molar-refractivity contribution in [3.05, 3.63) is 65.5 Å². The van der Waals surface area contributed by atoms with Gasteiger partial charge >= 0.3 is 5.97 Å². The molecule has 0 radical (unpaired) electrons. The van der Waals surface area contributed by atoms with Gasteiger partial charge in [-0.2, -0.15) is 5.26 Å². The molecular weight excluding hydrogens is 289 g/mol. The molecule has 0 saturated carbocycles. The Morgan fingerprint density at radius 1 is 1.14 bits per heavy atom. The topological polar surface area (TPSA) is 50.1 Å². The van der Waals surface area contributed by atoms with E-state index in [0.717, 1.165) is 5.56 Å². The SMILES string of the molecule is N#Cc1ccc(OC(=O)CSCc2ccc(F)cc2)cc1. The van der Waals surface area contributed by atoms with Crippen LogP contribution in [-0.2, 0) is 10.5 Å². The van der Waals surface area contributed by atoms with Crippen LogP contribution in [-0.4, -0.2) is 11.7 Å². The monoisotopic (exact) mass is 301 g/mol. The number of esters is 1. The number of hydrogen-bond acceptors (Lipinski definition) is 4. The van der Waals surface area contributed by atoms with Crippen LogP contribution in [0.3, 0.4) is 0 Å². The molecule has 0 aromatic heterocycles. The summed E-state index contributed by atoms with van der Waals surface area (Å²) in [6, 6.07) is 14.5. The Kier molecular flexibility index (Phi) is 5.35. The van der Waals surface area contributed by atoms with Crippen molar-refractivity contribution < 1.29 is 13.9 Å². The predicted molar refractivity (Wildman–Crippen MR) is 79.4 cm³/mol. The molecule has 2 aromatic carbocycles. The van der Waals surface area contributed by atoms with Crippen molar-refractivity contribution in [1.29, 1.82) is 5.26 Å². The van der Waals surface area contributed by atoms with Crippen molar-refractivity contribution in [1.82, 2.24) is 0 Å². The zero-order chi connectivity index (χ0) is 15.1. The Morgan fingerprint density at radius 2 is 1.81 bits per heavy atom. The van der Waals surface area contributed by atoms with E-state index in [4.69, 9.17) is 10.00 Å². The maximum Gasteiger partial charge on any atom is 0.321 e. The molecule has 0 aliphatic carbocycles. The third-order valence-electron chi connectivity index (χ3n) is 2.62. The van der Waals surface area contributed by atoms with E-state index in [-0.39, 0.29) is 17.5 Å². The summed E-state index contributed by atoms with van der Waals surface area (Å²) in [6.07, 6.45) is 0. The third kappa shape index (κ3) is 4.93. The van der Waals surface area contributed by atoms with E-state index in [9.17, 15) is 9.18 Å². The fourth-order valence-electron chi connectivity index (χ4n) is 1.59. The lowest BCUT2D eigenvalue weighted by Crippen LogP contribution is -2.10. The molecule has 0 saturated heterocycles. The summed E-state index contributed by atoms with van der Waals surface area (Å²) in [5.41, 5.74) is 1.47. The van der Waals surface area contributed by atoms with Gasteiger partial charge in [0.2, 0.25) is 0 Å². The Balaban J connectivity index is 1.76. The molecule has 0 unspecified atom stereocenters. The number of nitrogens with zero attached hydrogens (tertiary/aromatic N) is 1. The number of ether oxygens (including phenoxy) is 1. The summed E-state index contributed by atoms with van der Waals surface area (Å²) in [5, 5.41) is 8.67. The second-order valence-electron chi connectivity index (χ2n) is 4.23. The molecule has 0 aliphatic heterocycles. The highest BCUT2D eigenvalue weighted by Gasteiger charge is 2.05. The predicted octanol–water partition coefficient (Wildman–Crippen LogP) is 3.54. The molecule has 0 aliphatic rings. The average molecular weight is 301 g/mol. The van der Waals surface area contributed by atoms with Gasteiger partial charge in [-0.25, -0.2) is 4.39 Å². The first-order valence-electron chi connectivity index (χ1n) is 6.20. The van der Waals surface area contributed by atoms with Gasteiger partial charge in [-0.3, -0.25) is 4.79 Å². The number of thioether (sulfide) groups is 1.